The molecule has 0 aromatic carbocycles. The van der Waals surface area contributed by atoms with E-state index in [0.29, 0.717) is 0 Å². The van der Waals surface area contributed by atoms with Crippen LogP contribution in [-0.2, 0) is 4.53 Å². The Morgan fingerprint density at radius 1 is 1.50 bits per heavy atom. The molecule has 0 unspecified atom stereocenters. The molecule has 0 saturated carbocycles. The summed E-state index contributed by atoms with van der Waals surface area (Å²) in [6.07, 6.45) is 0. The van der Waals surface area contributed by atoms with E-state index in [1.807, 2.05) is 19.6 Å². The van der Waals surface area contributed by atoms with Gasteiger partial charge in [0.1, 0.15) is 0 Å². The van der Waals surface area contributed by atoms with Crippen LogP contribution >= 0.6 is 0 Å². The van der Waals surface area contributed by atoms with Crippen molar-refractivity contribution in [2.75, 3.05) is 0 Å². The predicted octanol–water partition coefficient (Wildman–Crippen LogP) is 0.964. The quantitative estimate of drug-likeness (QED) is 0.243. The van der Waals surface area contributed by atoms with E-state index in [2.05, 4.69) is 6.72 Å². The molecular formula is C4H11NO2Si. The van der Waals surface area contributed by atoms with Crippen molar-refractivity contribution in [3.05, 3.63) is 5.21 Å². The lowest BCUT2D eigenvalue weighted by atomic mass is 11.7. The second kappa shape index (κ2) is 2.17. The summed E-state index contributed by atoms with van der Waals surface area (Å²) in [6.45, 7) is 8.77. The average Bonchev–Trinajstić information content (AvgIpc) is 1.21. The SMILES string of the molecule is C=[N+]([O-])O[Si](C)(C)C. The zero-order chi connectivity index (χ0) is 6.78. The first-order valence-electron chi connectivity index (χ1n) is 2.39. The molecule has 0 fully saturated rings. The lowest BCUT2D eigenvalue weighted by Gasteiger charge is -2.18. The molecule has 8 heavy (non-hydrogen) atoms. The van der Waals surface area contributed by atoms with E-state index in [-0.39, 0.29) is 4.90 Å². The summed E-state index contributed by atoms with van der Waals surface area (Å²) in [5.41, 5.74) is 0. The summed E-state index contributed by atoms with van der Waals surface area (Å²) in [5.74, 6) is 0. The Balaban J connectivity index is 3.55. The third-order valence-corrected chi connectivity index (χ3v) is 1.13. The number of hydrogen-bond donors (Lipinski definition) is 0. The van der Waals surface area contributed by atoms with E-state index in [9.17, 15) is 5.21 Å². The Labute approximate surface area is 50.3 Å². The van der Waals surface area contributed by atoms with E-state index in [1.54, 1.807) is 0 Å². The predicted molar refractivity (Wildman–Crippen MR) is 35.2 cm³/mol. The number of rotatable bonds is 2. The maximum atomic E-state index is 10.1. The number of hydrogen-bond acceptors (Lipinski definition) is 2. The molecule has 0 aliphatic rings. The number of nitrogens with zero attached hydrogens (tertiary/aromatic N) is 1. The molecule has 0 aromatic heterocycles. The van der Waals surface area contributed by atoms with Crippen molar-refractivity contribution in [2.45, 2.75) is 19.6 Å². The van der Waals surface area contributed by atoms with Gasteiger partial charge in [0, 0.05) is 4.90 Å². The molecule has 0 amide bonds. The minimum Gasteiger partial charge on any atom is -0.444 e. The maximum Gasteiger partial charge on any atom is 0.197 e. The summed E-state index contributed by atoms with van der Waals surface area (Å²) in [6, 6.07) is 0. The highest BCUT2D eigenvalue weighted by molar-refractivity contribution is 6.69. The van der Waals surface area contributed by atoms with Crippen molar-refractivity contribution in [1.29, 1.82) is 0 Å². The van der Waals surface area contributed by atoms with Crippen molar-refractivity contribution in [1.82, 2.24) is 0 Å². The van der Waals surface area contributed by atoms with Crippen molar-refractivity contribution in [2.24, 2.45) is 0 Å². The van der Waals surface area contributed by atoms with Gasteiger partial charge in [-0.15, -0.1) is 0 Å². The standard InChI is InChI=1S/C4H11NO2Si/c1-5(6)7-8(2,3)4/h1H2,2-4H3. The zero-order valence-electron chi connectivity index (χ0n) is 5.47. The first kappa shape index (κ1) is 7.49. The highest BCUT2D eigenvalue weighted by Gasteiger charge is 2.12. The monoisotopic (exact) mass is 133 g/mol. The molecule has 3 nitrogen and oxygen atoms in total. The molecule has 0 N–H and O–H groups in total. The van der Waals surface area contributed by atoms with E-state index in [4.69, 9.17) is 4.53 Å². The van der Waals surface area contributed by atoms with Crippen LogP contribution in [0.1, 0.15) is 0 Å². The van der Waals surface area contributed by atoms with Crippen LogP contribution in [0.5, 0.6) is 0 Å². The Kier molecular flexibility index (Phi) is 2.03. The van der Waals surface area contributed by atoms with Crippen LogP contribution in [0.2, 0.25) is 19.6 Å². The summed E-state index contributed by atoms with van der Waals surface area (Å²) < 4.78 is 4.74. The van der Waals surface area contributed by atoms with Crippen LogP contribution in [0.15, 0.2) is 0 Å². The van der Waals surface area contributed by atoms with Gasteiger partial charge in [-0.3, -0.25) is 5.21 Å². The van der Waals surface area contributed by atoms with Crippen molar-refractivity contribution < 1.29 is 9.43 Å². The van der Waals surface area contributed by atoms with Crippen LogP contribution in [0.25, 0.3) is 0 Å². The summed E-state index contributed by atoms with van der Waals surface area (Å²) in [7, 11) is -1.67. The van der Waals surface area contributed by atoms with Gasteiger partial charge in [-0.25, -0.2) is 0 Å². The van der Waals surface area contributed by atoms with Gasteiger partial charge in [0.15, 0.2) is 15.0 Å². The Hall–Kier alpha value is -0.513. The summed E-state index contributed by atoms with van der Waals surface area (Å²) in [5, 5.41) is 10.1. The molecule has 48 valence electrons. The Morgan fingerprint density at radius 3 is 1.88 bits per heavy atom. The van der Waals surface area contributed by atoms with Crippen molar-refractivity contribution in [3.8, 4) is 0 Å². The average molecular weight is 133 g/mol. The van der Waals surface area contributed by atoms with E-state index >= 15 is 0 Å². The summed E-state index contributed by atoms with van der Waals surface area (Å²) >= 11 is 0. The van der Waals surface area contributed by atoms with Gasteiger partial charge >= 0.3 is 0 Å². The minimum atomic E-state index is -1.67. The second-order valence-corrected chi connectivity index (χ2v) is 6.94. The van der Waals surface area contributed by atoms with Crippen molar-refractivity contribution >= 4 is 15.0 Å². The van der Waals surface area contributed by atoms with Gasteiger partial charge in [0.25, 0.3) is 0 Å². The third kappa shape index (κ3) is 5.49. The molecule has 0 saturated heterocycles. The molecule has 0 aliphatic carbocycles. The van der Waals surface area contributed by atoms with Crippen LogP contribution < -0.4 is 0 Å². The highest BCUT2D eigenvalue weighted by Crippen LogP contribution is 2.00. The third-order valence-electron chi connectivity index (χ3n) is 0.376. The fraction of sp³-hybridized carbons (Fsp3) is 0.750. The molecular weight excluding hydrogens is 122 g/mol. The molecule has 4 heteroatoms. The fourth-order valence-corrected chi connectivity index (χ4v) is 0.916. The van der Waals surface area contributed by atoms with Gasteiger partial charge in [-0.1, -0.05) is 19.6 Å². The minimum absolute atomic E-state index is 0.270. The van der Waals surface area contributed by atoms with Crippen LogP contribution in [0.3, 0.4) is 0 Å². The fourth-order valence-electron chi connectivity index (χ4n) is 0.305. The molecule has 0 rings (SSSR count). The Morgan fingerprint density at radius 2 is 1.88 bits per heavy atom. The molecule has 0 radical (unpaired) electrons. The van der Waals surface area contributed by atoms with Crippen molar-refractivity contribution in [3.63, 3.8) is 0 Å². The smallest absolute Gasteiger partial charge is 0.197 e. The molecule has 0 aromatic rings. The lowest BCUT2D eigenvalue weighted by Crippen LogP contribution is -2.28. The van der Waals surface area contributed by atoms with Gasteiger partial charge in [0.2, 0.25) is 0 Å². The zero-order valence-corrected chi connectivity index (χ0v) is 6.47. The van der Waals surface area contributed by atoms with E-state index in [0.717, 1.165) is 0 Å². The lowest BCUT2D eigenvalue weighted by molar-refractivity contribution is -0.697. The van der Waals surface area contributed by atoms with Gasteiger partial charge < -0.3 is 4.53 Å². The van der Waals surface area contributed by atoms with E-state index in [1.165, 1.54) is 0 Å². The highest BCUT2D eigenvalue weighted by atomic mass is 28.4. The molecule has 0 bridgehead atoms. The molecule has 0 heterocycles. The maximum absolute atomic E-state index is 10.1. The molecule has 0 atom stereocenters. The van der Waals surface area contributed by atoms with Gasteiger partial charge in [-0.2, -0.15) is 0 Å². The topological polar surface area (TPSA) is 35.3 Å². The summed E-state index contributed by atoms with van der Waals surface area (Å²) in [4.78, 5) is 0.270. The van der Waals surface area contributed by atoms with Gasteiger partial charge in [0.05, 0.1) is 0 Å². The van der Waals surface area contributed by atoms with Gasteiger partial charge in [-0.05, 0) is 0 Å². The van der Waals surface area contributed by atoms with Crippen LogP contribution in [0, 0.1) is 5.21 Å². The normalized spacial score (nSPS) is 10.9. The van der Waals surface area contributed by atoms with Crippen LogP contribution in [0.4, 0.5) is 0 Å². The first-order chi connectivity index (χ1) is 3.42. The van der Waals surface area contributed by atoms with E-state index < -0.39 is 8.32 Å². The van der Waals surface area contributed by atoms with Crippen LogP contribution in [-0.4, -0.2) is 19.9 Å². The first-order valence-corrected chi connectivity index (χ1v) is 5.79. The molecule has 0 spiro atoms. The molecule has 0 aliphatic heterocycles. The second-order valence-electron chi connectivity index (χ2n) is 2.54. The largest absolute Gasteiger partial charge is 0.444 e. The Bertz CT molecular complexity index is 96.7.